The van der Waals surface area contributed by atoms with Gasteiger partial charge < -0.3 is 4.74 Å². The first-order valence-corrected chi connectivity index (χ1v) is 8.09. The lowest BCUT2D eigenvalue weighted by atomic mass is 9.99. The molecule has 2 heterocycles. The highest BCUT2D eigenvalue weighted by atomic mass is 16.5. The molecule has 0 bridgehead atoms. The summed E-state index contributed by atoms with van der Waals surface area (Å²) in [5.74, 6) is 0.757. The second-order valence-corrected chi connectivity index (χ2v) is 6.03. The summed E-state index contributed by atoms with van der Waals surface area (Å²) in [6, 6.07) is 17.2. The van der Waals surface area contributed by atoms with E-state index < -0.39 is 0 Å². The molecule has 1 aromatic heterocycles. The van der Waals surface area contributed by atoms with Crippen LogP contribution < -0.4 is 4.74 Å². The van der Waals surface area contributed by atoms with Crippen LogP contribution in [0.3, 0.4) is 0 Å². The smallest absolute Gasteiger partial charge is 0.257 e. The largest absolute Gasteiger partial charge is 0.468 e. The van der Waals surface area contributed by atoms with Crippen molar-refractivity contribution in [3.8, 4) is 5.75 Å². The molecule has 2 atom stereocenters. The van der Waals surface area contributed by atoms with Crippen LogP contribution in [0.5, 0.6) is 5.75 Å². The lowest BCUT2D eigenvalue weighted by Gasteiger charge is -2.40. The predicted molar refractivity (Wildman–Crippen MR) is 92.9 cm³/mol. The number of pyridine rings is 1. The van der Waals surface area contributed by atoms with Gasteiger partial charge in [-0.15, -0.1) is 0 Å². The third kappa shape index (κ3) is 2.22. The second kappa shape index (κ2) is 5.64. The normalized spacial score (nSPS) is 19.7. The van der Waals surface area contributed by atoms with E-state index in [0.717, 1.165) is 22.2 Å². The van der Waals surface area contributed by atoms with Crippen molar-refractivity contribution in [2.24, 2.45) is 0 Å². The van der Waals surface area contributed by atoms with Gasteiger partial charge in [0.2, 0.25) is 0 Å². The average Bonchev–Trinajstić information content (AvgIpc) is 2.62. The number of aromatic nitrogens is 1. The summed E-state index contributed by atoms with van der Waals surface area (Å²) in [6.45, 7) is 3.94. The van der Waals surface area contributed by atoms with Crippen LogP contribution in [0.4, 0.5) is 0 Å². The third-order valence-electron chi connectivity index (χ3n) is 4.56. The van der Waals surface area contributed by atoms with Gasteiger partial charge in [0, 0.05) is 22.7 Å². The Bertz CT molecular complexity index is 908. The molecule has 4 heteroatoms. The fourth-order valence-corrected chi connectivity index (χ4v) is 3.35. The van der Waals surface area contributed by atoms with Crippen LogP contribution in [-0.4, -0.2) is 22.0 Å². The molecule has 0 saturated carbocycles. The molecule has 0 saturated heterocycles. The highest BCUT2D eigenvalue weighted by molar-refractivity contribution is 5.95. The van der Waals surface area contributed by atoms with Crippen molar-refractivity contribution in [3.63, 3.8) is 0 Å². The first-order valence-electron chi connectivity index (χ1n) is 8.09. The quantitative estimate of drug-likeness (QED) is 0.676. The molecular weight excluding hydrogens is 300 g/mol. The average molecular weight is 318 g/mol. The SMILES string of the molecule is C[C@@H]1Oc2c(ccc3cccnc23)[C@@H](C)N1C(=O)c1ccccc1. The summed E-state index contributed by atoms with van der Waals surface area (Å²) in [5, 5.41) is 1.04. The lowest BCUT2D eigenvalue weighted by Crippen LogP contribution is -2.46. The highest BCUT2D eigenvalue weighted by Crippen LogP contribution is 2.40. The van der Waals surface area contributed by atoms with Gasteiger partial charge in [0.15, 0.2) is 12.0 Å². The summed E-state index contributed by atoms with van der Waals surface area (Å²) >= 11 is 0. The summed E-state index contributed by atoms with van der Waals surface area (Å²) in [6.07, 6.45) is 1.41. The van der Waals surface area contributed by atoms with Gasteiger partial charge in [0.1, 0.15) is 5.52 Å². The van der Waals surface area contributed by atoms with Crippen molar-refractivity contribution >= 4 is 16.8 Å². The molecule has 1 amide bonds. The number of ether oxygens (including phenoxy) is 1. The molecule has 4 rings (SSSR count). The van der Waals surface area contributed by atoms with Gasteiger partial charge in [-0.2, -0.15) is 0 Å². The molecule has 0 fully saturated rings. The molecular formula is C20H18N2O2. The van der Waals surface area contributed by atoms with Crippen molar-refractivity contribution in [3.05, 3.63) is 71.9 Å². The van der Waals surface area contributed by atoms with Gasteiger partial charge in [0.25, 0.3) is 5.91 Å². The number of carbonyl (C=O) groups excluding carboxylic acids is 1. The maximum absolute atomic E-state index is 12.9. The number of fused-ring (bicyclic) bond motifs is 3. The Balaban J connectivity index is 1.79. The minimum atomic E-state index is -0.354. The first kappa shape index (κ1) is 14.7. The molecule has 0 spiro atoms. The fraction of sp³-hybridized carbons (Fsp3) is 0.200. The topological polar surface area (TPSA) is 42.4 Å². The molecule has 0 aliphatic carbocycles. The molecule has 120 valence electrons. The van der Waals surface area contributed by atoms with Crippen molar-refractivity contribution in [1.29, 1.82) is 0 Å². The predicted octanol–water partition coefficient (Wildman–Crippen LogP) is 4.18. The maximum atomic E-state index is 12.9. The number of carbonyl (C=O) groups is 1. The van der Waals surface area contributed by atoms with Crippen molar-refractivity contribution in [1.82, 2.24) is 9.88 Å². The van der Waals surface area contributed by atoms with Gasteiger partial charge in [-0.1, -0.05) is 36.4 Å². The van der Waals surface area contributed by atoms with E-state index in [9.17, 15) is 4.79 Å². The van der Waals surface area contributed by atoms with Gasteiger partial charge in [-0.25, -0.2) is 0 Å². The molecule has 3 aromatic rings. The van der Waals surface area contributed by atoms with Crippen LogP contribution in [0.25, 0.3) is 10.9 Å². The van der Waals surface area contributed by atoms with E-state index in [-0.39, 0.29) is 18.2 Å². The third-order valence-corrected chi connectivity index (χ3v) is 4.56. The van der Waals surface area contributed by atoms with E-state index in [4.69, 9.17) is 4.74 Å². The Hall–Kier alpha value is -2.88. The standard InChI is InChI=1S/C20H18N2O2/c1-13-17-11-10-15-9-6-12-21-18(15)19(17)24-14(2)22(13)20(23)16-7-4-3-5-8-16/h3-14H,1-2H3/t13-,14+/m1/s1. The zero-order valence-electron chi connectivity index (χ0n) is 13.6. The summed E-state index contributed by atoms with van der Waals surface area (Å²) < 4.78 is 6.11. The molecule has 1 aliphatic heterocycles. The van der Waals surface area contributed by atoms with Crippen LogP contribution in [-0.2, 0) is 0 Å². The number of amides is 1. The van der Waals surface area contributed by atoms with Crippen molar-refractivity contribution in [2.45, 2.75) is 26.1 Å². The van der Waals surface area contributed by atoms with Gasteiger partial charge >= 0.3 is 0 Å². The zero-order valence-corrected chi connectivity index (χ0v) is 13.6. The second-order valence-electron chi connectivity index (χ2n) is 6.03. The Morgan fingerprint density at radius 1 is 1.04 bits per heavy atom. The Morgan fingerprint density at radius 3 is 2.62 bits per heavy atom. The monoisotopic (exact) mass is 318 g/mol. The molecule has 0 radical (unpaired) electrons. The Kier molecular flexibility index (Phi) is 3.45. The summed E-state index contributed by atoms with van der Waals surface area (Å²) in [5.41, 5.74) is 2.51. The number of nitrogens with zero attached hydrogens (tertiary/aromatic N) is 2. The minimum Gasteiger partial charge on any atom is -0.468 e. The van der Waals surface area contributed by atoms with Crippen molar-refractivity contribution < 1.29 is 9.53 Å². The molecule has 24 heavy (non-hydrogen) atoms. The van der Waals surface area contributed by atoms with Gasteiger partial charge in [-0.05, 0) is 32.0 Å². The molecule has 0 unspecified atom stereocenters. The summed E-state index contributed by atoms with van der Waals surface area (Å²) in [7, 11) is 0. The van der Waals surface area contributed by atoms with Crippen LogP contribution >= 0.6 is 0 Å². The van der Waals surface area contributed by atoms with Crippen molar-refractivity contribution in [2.75, 3.05) is 0 Å². The number of benzene rings is 2. The summed E-state index contributed by atoms with van der Waals surface area (Å²) in [4.78, 5) is 19.2. The maximum Gasteiger partial charge on any atom is 0.257 e. The molecule has 4 nitrogen and oxygen atoms in total. The van der Waals surface area contributed by atoms with Crippen LogP contribution in [0.1, 0.15) is 35.8 Å². The molecule has 2 aromatic carbocycles. The fourth-order valence-electron chi connectivity index (χ4n) is 3.35. The zero-order chi connectivity index (χ0) is 16.7. The number of hydrogen-bond donors (Lipinski definition) is 0. The highest BCUT2D eigenvalue weighted by Gasteiger charge is 2.35. The van der Waals surface area contributed by atoms with E-state index in [1.807, 2.05) is 68.4 Å². The molecule has 1 aliphatic rings. The Labute approximate surface area is 140 Å². The minimum absolute atomic E-state index is 0.0256. The van der Waals surface area contributed by atoms with Crippen LogP contribution in [0.2, 0.25) is 0 Å². The van der Waals surface area contributed by atoms with E-state index in [1.54, 1.807) is 11.1 Å². The lowest BCUT2D eigenvalue weighted by molar-refractivity contribution is -0.000748. The van der Waals surface area contributed by atoms with Crippen LogP contribution in [0, 0.1) is 0 Å². The number of hydrogen-bond acceptors (Lipinski definition) is 3. The van der Waals surface area contributed by atoms with E-state index >= 15 is 0 Å². The van der Waals surface area contributed by atoms with E-state index in [2.05, 4.69) is 4.98 Å². The molecule has 0 N–H and O–H groups in total. The van der Waals surface area contributed by atoms with E-state index in [1.165, 1.54) is 0 Å². The van der Waals surface area contributed by atoms with Gasteiger partial charge in [-0.3, -0.25) is 14.7 Å². The number of rotatable bonds is 1. The van der Waals surface area contributed by atoms with Crippen LogP contribution in [0.15, 0.2) is 60.8 Å². The first-order chi connectivity index (χ1) is 11.7. The Morgan fingerprint density at radius 2 is 1.83 bits per heavy atom. The van der Waals surface area contributed by atoms with Gasteiger partial charge in [0.05, 0.1) is 6.04 Å². The van der Waals surface area contributed by atoms with E-state index in [0.29, 0.717) is 5.56 Å².